The highest BCUT2D eigenvalue weighted by molar-refractivity contribution is 7.80. The van der Waals surface area contributed by atoms with E-state index < -0.39 is 0 Å². The van der Waals surface area contributed by atoms with Gasteiger partial charge < -0.3 is 15.0 Å². The standard InChI is InChI=1S/C27H27N3O3S/c31-25(23-10-4-5-11-24(23)33-19-16-20-8-2-1-3-9-20)29-27(34)28-22-14-12-21(13-15-22)26(32)30-17-6-7-18-30/h1-5,8-15H,6-7,16-19H2,(H2,28,29,31,34). The summed E-state index contributed by atoms with van der Waals surface area (Å²) in [5.41, 5.74) is 2.91. The predicted molar refractivity (Wildman–Crippen MR) is 137 cm³/mol. The van der Waals surface area contributed by atoms with Crippen molar-refractivity contribution in [3.05, 3.63) is 95.6 Å². The van der Waals surface area contributed by atoms with E-state index >= 15 is 0 Å². The molecule has 0 aliphatic carbocycles. The molecule has 0 spiro atoms. The van der Waals surface area contributed by atoms with Crippen LogP contribution in [-0.4, -0.2) is 41.5 Å². The Balaban J connectivity index is 1.31. The van der Waals surface area contributed by atoms with Gasteiger partial charge in [-0.25, -0.2) is 0 Å². The van der Waals surface area contributed by atoms with Gasteiger partial charge in [0.1, 0.15) is 5.75 Å². The van der Waals surface area contributed by atoms with E-state index in [1.54, 1.807) is 42.5 Å². The van der Waals surface area contributed by atoms with E-state index in [1.165, 1.54) is 5.56 Å². The van der Waals surface area contributed by atoms with Crippen LogP contribution in [0.3, 0.4) is 0 Å². The third-order valence-corrected chi connectivity index (χ3v) is 5.84. The van der Waals surface area contributed by atoms with Crippen molar-refractivity contribution in [2.45, 2.75) is 19.3 Å². The highest BCUT2D eigenvalue weighted by Gasteiger charge is 2.19. The molecule has 6 nitrogen and oxygen atoms in total. The number of anilines is 1. The molecule has 1 saturated heterocycles. The highest BCUT2D eigenvalue weighted by atomic mass is 32.1. The van der Waals surface area contributed by atoms with E-state index in [1.807, 2.05) is 41.3 Å². The molecule has 1 aliphatic rings. The van der Waals surface area contributed by atoms with Crippen LogP contribution in [0.25, 0.3) is 0 Å². The fourth-order valence-electron chi connectivity index (χ4n) is 3.84. The van der Waals surface area contributed by atoms with Crippen molar-refractivity contribution < 1.29 is 14.3 Å². The number of benzene rings is 3. The number of likely N-dealkylation sites (tertiary alicyclic amines) is 1. The number of hydrogen-bond acceptors (Lipinski definition) is 4. The third kappa shape index (κ3) is 6.20. The molecule has 7 heteroatoms. The Hall–Kier alpha value is -3.71. The topological polar surface area (TPSA) is 70.7 Å². The molecule has 0 aromatic heterocycles. The molecule has 3 aromatic rings. The zero-order chi connectivity index (χ0) is 23.8. The van der Waals surface area contributed by atoms with Gasteiger partial charge in [-0.05, 0) is 67.0 Å². The molecule has 1 heterocycles. The molecular formula is C27H27N3O3S. The van der Waals surface area contributed by atoms with Gasteiger partial charge in [0.25, 0.3) is 11.8 Å². The number of carbonyl (C=O) groups excluding carboxylic acids is 2. The lowest BCUT2D eigenvalue weighted by molar-refractivity contribution is 0.0792. The highest BCUT2D eigenvalue weighted by Crippen LogP contribution is 2.19. The number of para-hydroxylation sites is 1. The Morgan fingerprint density at radius 3 is 2.29 bits per heavy atom. The molecular weight excluding hydrogens is 446 g/mol. The van der Waals surface area contributed by atoms with Crippen LogP contribution >= 0.6 is 12.2 Å². The fraction of sp³-hybridized carbons (Fsp3) is 0.222. The second-order valence-electron chi connectivity index (χ2n) is 8.07. The van der Waals surface area contributed by atoms with E-state index in [9.17, 15) is 9.59 Å². The average molecular weight is 474 g/mol. The van der Waals surface area contributed by atoms with Gasteiger partial charge in [0, 0.05) is 30.8 Å². The van der Waals surface area contributed by atoms with Crippen LogP contribution in [0.15, 0.2) is 78.9 Å². The predicted octanol–water partition coefficient (Wildman–Crippen LogP) is 4.67. The van der Waals surface area contributed by atoms with E-state index in [2.05, 4.69) is 10.6 Å². The molecule has 1 fully saturated rings. The lowest BCUT2D eigenvalue weighted by atomic mass is 10.1. The van der Waals surface area contributed by atoms with Crippen LogP contribution < -0.4 is 15.4 Å². The fourth-order valence-corrected chi connectivity index (χ4v) is 4.05. The van der Waals surface area contributed by atoms with Crippen LogP contribution in [0.4, 0.5) is 5.69 Å². The van der Waals surface area contributed by atoms with Crippen molar-refractivity contribution in [3.8, 4) is 5.75 Å². The minimum absolute atomic E-state index is 0.0452. The first kappa shape index (κ1) is 23.4. The van der Waals surface area contributed by atoms with Crippen LogP contribution in [0.2, 0.25) is 0 Å². The average Bonchev–Trinajstić information content (AvgIpc) is 3.40. The van der Waals surface area contributed by atoms with Gasteiger partial charge in [-0.3, -0.25) is 14.9 Å². The summed E-state index contributed by atoms with van der Waals surface area (Å²) >= 11 is 5.32. The number of rotatable bonds is 7. The van der Waals surface area contributed by atoms with Gasteiger partial charge >= 0.3 is 0 Å². The first-order valence-electron chi connectivity index (χ1n) is 11.4. The summed E-state index contributed by atoms with van der Waals surface area (Å²) in [5, 5.41) is 5.87. The molecule has 0 unspecified atom stereocenters. The van der Waals surface area contributed by atoms with Gasteiger partial charge in [0.05, 0.1) is 12.2 Å². The van der Waals surface area contributed by atoms with Gasteiger partial charge in [-0.1, -0.05) is 42.5 Å². The van der Waals surface area contributed by atoms with Crippen molar-refractivity contribution >= 4 is 34.8 Å². The largest absolute Gasteiger partial charge is 0.492 e. The minimum atomic E-state index is -0.353. The lowest BCUT2D eigenvalue weighted by Crippen LogP contribution is -2.34. The molecule has 0 saturated carbocycles. The number of nitrogens with one attached hydrogen (secondary N) is 2. The van der Waals surface area contributed by atoms with Crippen molar-refractivity contribution in [1.29, 1.82) is 0 Å². The Kier molecular flexibility index (Phi) is 7.88. The molecule has 4 rings (SSSR count). The Bertz CT molecular complexity index is 1140. The van der Waals surface area contributed by atoms with Crippen LogP contribution in [0.1, 0.15) is 39.1 Å². The molecule has 34 heavy (non-hydrogen) atoms. The summed E-state index contributed by atoms with van der Waals surface area (Å²) in [6.07, 6.45) is 2.86. The van der Waals surface area contributed by atoms with Gasteiger partial charge in [-0.15, -0.1) is 0 Å². The van der Waals surface area contributed by atoms with E-state index in [4.69, 9.17) is 17.0 Å². The SMILES string of the molecule is O=C(NC(=S)Nc1ccc(C(=O)N2CCCC2)cc1)c1ccccc1OCCc1ccccc1. The number of hydrogen-bond donors (Lipinski definition) is 2. The minimum Gasteiger partial charge on any atom is -0.492 e. The van der Waals surface area contributed by atoms with Crippen molar-refractivity contribution in [2.24, 2.45) is 0 Å². The second-order valence-corrected chi connectivity index (χ2v) is 8.47. The maximum Gasteiger partial charge on any atom is 0.261 e. The van der Waals surface area contributed by atoms with E-state index in [0.717, 1.165) is 32.4 Å². The third-order valence-electron chi connectivity index (χ3n) is 5.63. The number of amides is 2. The zero-order valence-electron chi connectivity index (χ0n) is 18.8. The van der Waals surface area contributed by atoms with Crippen LogP contribution in [0, 0.1) is 0 Å². The second kappa shape index (κ2) is 11.4. The molecule has 0 atom stereocenters. The Labute approximate surface area is 204 Å². The molecule has 174 valence electrons. The summed E-state index contributed by atoms with van der Waals surface area (Å²) in [7, 11) is 0. The molecule has 3 aromatic carbocycles. The van der Waals surface area contributed by atoms with Crippen molar-refractivity contribution in [2.75, 3.05) is 25.0 Å². The quantitative estimate of drug-likeness (QED) is 0.488. The molecule has 2 N–H and O–H groups in total. The van der Waals surface area contributed by atoms with Crippen molar-refractivity contribution in [3.63, 3.8) is 0 Å². The number of ether oxygens (including phenoxy) is 1. The van der Waals surface area contributed by atoms with E-state index in [-0.39, 0.29) is 16.9 Å². The van der Waals surface area contributed by atoms with Crippen LogP contribution in [0.5, 0.6) is 5.75 Å². The van der Waals surface area contributed by atoms with Gasteiger partial charge in [0.15, 0.2) is 5.11 Å². The monoisotopic (exact) mass is 473 g/mol. The normalized spacial score (nSPS) is 12.8. The van der Waals surface area contributed by atoms with Gasteiger partial charge in [0.2, 0.25) is 0 Å². The maximum absolute atomic E-state index is 12.8. The lowest BCUT2D eigenvalue weighted by Gasteiger charge is -2.16. The number of thiocarbonyl (C=S) groups is 1. The zero-order valence-corrected chi connectivity index (χ0v) is 19.6. The number of nitrogens with zero attached hydrogens (tertiary/aromatic N) is 1. The van der Waals surface area contributed by atoms with Crippen molar-refractivity contribution in [1.82, 2.24) is 10.2 Å². The van der Waals surface area contributed by atoms with Gasteiger partial charge in [-0.2, -0.15) is 0 Å². The van der Waals surface area contributed by atoms with E-state index in [0.29, 0.717) is 29.2 Å². The summed E-state index contributed by atoms with van der Waals surface area (Å²) < 4.78 is 5.88. The molecule has 2 amide bonds. The number of carbonyl (C=O) groups is 2. The summed E-state index contributed by atoms with van der Waals surface area (Å²) in [4.78, 5) is 27.2. The first-order valence-corrected chi connectivity index (χ1v) is 11.8. The Morgan fingerprint density at radius 1 is 0.882 bits per heavy atom. The summed E-state index contributed by atoms with van der Waals surface area (Å²) in [6, 6.07) is 24.2. The molecule has 0 bridgehead atoms. The summed E-state index contributed by atoms with van der Waals surface area (Å²) in [6.45, 7) is 2.08. The Morgan fingerprint density at radius 2 is 1.56 bits per heavy atom. The first-order chi connectivity index (χ1) is 16.6. The molecule has 1 aliphatic heterocycles. The smallest absolute Gasteiger partial charge is 0.261 e. The summed E-state index contributed by atoms with van der Waals surface area (Å²) in [5.74, 6) is 0.195. The van der Waals surface area contributed by atoms with Crippen LogP contribution in [-0.2, 0) is 6.42 Å². The molecule has 0 radical (unpaired) electrons. The maximum atomic E-state index is 12.8.